The van der Waals surface area contributed by atoms with Crippen molar-refractivity contribution in [3.63, 3.8) is 0 Å². The van der Waals surface area contributed by atoms with Gasteiger partial charge in [-0.2, -0.15) is 0 Å². The summed E-state index contributed by atoms with van der Waals surface area (Å²) in [6, 6.07) is 8.81. The van der Waals surface area contributed by atoms with Gasteiger partial charge in [0.2, 0.25) is 0 Å². The highest BCUT2D eigenvalue weighted by Gasteiger charge is 2.25. The smallest absolute Gasteiger partial charge is 0.408 e. The lowest BCUT2D eigenvalue weighted by Crippen LogP contribution is -2.40. The van der Waals surface area contributed by atoms with Crippen molar-refractivity contribution in [3.8, 4) is 0 Å². The number of halogens is 1. The second-order valence-electron chi connectivity index (χ2n) is 5.26. The number of hydrogen-bond acceptors (Lipinski definition) is 3. The van der Waals surface area contributed by atoms with E-state index in [9.17, 15) is 9.90 Å². The minimum Gasteiger partial charge on any atom is -0.444 e. The summed E-state index contributed by atoms with van der Waals surface area (Å²) in [4.78, 5) is 11.8. The van der Waals surface area contributed by atoms with Crippen LogP contribution >= 0.6 is 15.9 Å². The van der Waals surface area contributed by atoms with Crippen molar-refractivity contribution in [3.05, 3.63) is 35.9 Å². The number of ether oxygens (including phenoxy) is 1. The molecule has 0 saturated carbocycles. The zero-order chi connectivity index (χ0) is 14.5. The van der Waals surface area contributed by atoms with Crippen molar-refractivity contribution in [1.82, 2.24) is 5.32 Å². The fraction of sp³-hybridized carbons (Fsp3) is 0.500. The topological polar surface area (TPSA) is 58.6 Å². The molecule has 1 rings (SSSR count). The molecular formula is C14H20BrNO3. The molecule has 0 aliphatic carbocycles. The van der Waals surface area contributed by atoms with E-state index >= 15 is 0 Å². The Hall–Kier alpha value is -1.07. The molecule has 2 atom stereocenters. The Bertz CT molecular complexity index is 403. The summed E-state index contributed by atoms with van der Waals surface area (Å²) in [5, 5.41) is 13.1. The monoisotopic (exact) mass is 329 g/mol. The molecule has 0 aromatic heterocycles. The lowest BCUT2D eigenvalue weighted by Gasteiger charge is -2.26. The zero-order valence-corrected chi connectivity index (χ0v) is 13.0. The van der Waals surface area contributed by atoms with Gasteiger partial charge in [0.1, 0.15) is 5.60 Å². The van der Waals surface area contributed by atoms with Crippen molar-refractivity contribution < 1.29 is 14.6 Å². The van der Waals surface area contributed by atoms with Crippen LogP contribution in [-0.2, 0) is 4.74 Å². The molecule has 1 aromatic rings. The van der Waals surface area contributed by atoms with Crippen molar-refractivity contribution >= 4 is 22.0 Å². The molecule has 0 bridgehead atoms. The number of hydrogen-bond donors (Lipinski definition) is 2. The molecular weight excluding hydrogens is 310 g/mol. The number of alkyl carbamates (subject to hydrolysis) is 1. The van der Waals surface area contributed by atoms with Gasteiger partial charge in [-0.05, 0) is 26.3 Å². The molecule has 2 N–H and O–H groups in total. The summed E-state index contributed by atoms with van der Waals surface area (Å²) < 4.78 is 5.21. The van der Waals surface area contributed by atoms with E-state index in [2.05, 4.69) is 21.2 Å². The first-order chi connectivity index (χ1) is 8.83. The number of nitrogens with one attached hydrogen (secondary N) is 1. The number of rotatable bonds is 4. The lowest BCUT2D eigenvalue weighted by molar-refractivity contribution is 0.0440. The summed E-state index contributed by atoms with van der Waals surface area (Å²) in [5.74, 6) is 0. The van der Waals surface area contributed by atoms with E-state index in [-0.39, 0.29) is 0 Å². The van der Waals surface area contributed by atoms with Gasteiger partial charge in [0.05, 0.1) is 12.1 Å². The number of alkyl halides is 1. The largest absolute Gasteiger partial charge is 0.444 e. The van der Waals surface area contributed by atoms with Crippen LogP contribution in [0.25, 0.3) is 0 Å². The van der Waals surface area contributed by atoms with E-state index in [0.29, 0.717) is 5.33 Å². The van der Waals surface area contributed by atoms with Crippen LogP contribution in [0, 0.1) is 0 Å². The predicted molar refractivity (Wildman–Crippen MR) is 78.4 cm³/mol. The van der Waals surface area contributed by atoms with E-state index in [1.807, 2.05) is 30.3 Å². The molecule has 1 aromatic carbocycles. The van der Waals surface area contributed by atoms with Crippen molar-refractivity contribution in [2.24, 2.45) is 0 Å². The molecule has 5 heteroatoms. The Kier molecular flexibility index (Phi) is 5.82. The summed E-state index contributed by atoms with van der Waals surface area (Å²) in [7, 11) is 0. The first-order valence-electron chi connectivity index (χ1n) is 6.12. The average molecular weight is 330 g/mol. The molecule has 106 valence electrons. The normalized spacial score (nSPS) is 14.6. The van der Waals surface area contributed by atoms with E-state index < -0.39 is 23.8 Å². The molecule has 0 radical (unpaired) electrons. The van der Waals surface area contributed by atoms with Crippen LogP contribution < -0.4 is 5.32 Å². The quantitative estimate of drug-likeness (QED) is 0.835. The maximum absolute atomic E-state index is 11.8. The number of aliphatic hydroxyl groups is 1. The second kappa shape index (κ2) is 6.91. The third-order valence-corrected chi connectivity index (χ3v) is 3.04. The molecule has 0 aliphatic heterocycles. The van der Waals surface area contributed by atoms with Gasteiger partial charge < -0.3 is 15.2 Å². The Morgan fingerprint density at radius 1 is 1.37 bits per heavy atom. The van der Waals surface area contributed by atoms with Gasteiger partial charge in [0, 0.05) is 5.33 Å². The first kappa shape index (κ1) is 16.0. The van der Waals surface area contributed by atoms with E-state index in [4.69, 9.17) is 4.74 Å². The van der Waals surface area contributed by atoms with Crippen molar-refractivity contribution in [2.45, 2.75) is 38.5 Å². The molecule has 0 saturated heterocycles. The minimum atomic E-state index is -0.727. The number of aliphatic hydroxyl groups excluding tert-OH is 1. The maximum Gasteiger partial charge on any atom is 0.408 e. The number of amides is 1. The minimum absolute atomic E-state index is 0.363. The van der Waals surface area contributed by atoms with Gasteiger partial charge in [-0.3, -0.25) is 0 Å². The van der Waals surface area contributed by atoms with Crippen LogP contribution in [0.5, 0.6) is 0 Å². The zero-order valence-electron chi connectivity index (χ0n) is 11.4. The standard InChI is InChI=1S/C14H20BrNO3/c1-14(2,3)19-13(18)16-12(11(17)9-15)10-7-5-4-6-8-10/h4-8,11-12,17H,9H2,1-3H3,(H,16,18). The first-order valence-corrected chi connectivity index (χ1v) is 7.24. The van der Waals surface area contributed by atoms with Crippen molar-refractivity contribution in [2.75, 3.05) is 5.33 Å². The van der Waals surface area contributed by atoms with Gasteiger partial charge in [-0.1, -0.05) is 46.3 Å². The molecule has 0 aliphatic rings. The number of carbonyl (C=O) groups excluding carboxylic acids is 1. The Morgan fingerprint density at radius 2 is 1.95 bits per heavy atom. The Labute approximate surface area is 122 Å². The van der Waals surface area contributed by atoms with E-state index in [1.54, 1.807) is 20.8 Å². The fourth-order valence-corrected chi connectivity index (χ4v) is 1.96. The number of benzene rings is 1. The third-order valence-electron chi connectivity index (χ3n) is 2.37. The lowest BCUT2D eigenvalue weighted by atomic mass is 10.0. The van der Waals surface area contributed by atoms with Crippen LogP contribution in [0.1, 0.15) is 32.4 Å². The van der Waals surface area contributed by atoms with Crippen LogP contribution in [0.3, 0.4) is 0 Å². The highest BCUT2D eigenvalue weighted by atomic mass is 79.9. The van der Waals surface area contributed by atoms with Gasteiger partial charge >= 0.3 is 6.09 Å². The van der Waals surface area contributed by atoms with Gasteiger partial charge in [-0.25, -0.2) is 4.79 Å². The third kappa shape index (κ3) is 5.61. The molecule has 1 amide bonds. The van der Waals surface area contributed by atoms with Crippen molar-refractivity contribution in [1.29, 1.82) is 0 Å². The van der Waals surface area contributed by atoms with Gasteiger partial charge in [-0.15, -0.1) is 0 Å². The average Bonchev–Trinajstić information content (AvgIpc) is 2.34. The maximum atomic E-state index is 11.8. The van der Waals surface area contributed by atoms with Gasteiger partial charge in [0.25, 0.3) is 0 Å². The molecule has 4 nitrogen and oxygen atoms in total. The summed E-state index contributed by atoms with van der Waals surface area (Å²) in [6.07, 6.45) is -1.27. The molecule has 19 heavy (non-hydrogen) atoms. The fourth-order valence-electron chi connectivity index (χ4n) is 1.59. The Balaban J connectivity index is 2.80. The van der Waals surface area contributed by atoms with Crippen LogP contribution in [0.4, 0.5) is 4.79 Å². The summed E-state index contributed by atoms with van der Waals surface area (Å²) in [6.45, 7) is 5.39. The van der Waals surface area contributed by atoms with Crippen LogP contribution in [-0.4, -0.2) is 28.2 Å². The highest BCUT2D eigenvalue weighted by Crippen LogP contribution is 2.19. The van der Waals surface area contributed by atoms with Crippen LogP contribution in [0.15, 0.2) is 30.3 Å². The summed E-state index contributed by atoms with van der Waals surface area (Å²) in [5.41, 5.74) is 0.269. The van der Waals surface area contributed by atoms with E-state index in [0.717, 1.165) is 5.56 Å². The molecule has 0 heterocycles. The SMILES string of the molecule is CC(C)(C)OC(=O)NC(c1ccccc1)C(O)CBr. The van der Waals surface area contributed by atoms with Crippen LogP contribution in [0.2, 0.25) is 0 Å². The highest BCUT2D eigenvalue weighted by molar-refractivity contribution is 9.09. The van der Waals surface area contributed by atoms with E-state index in [1.165, 1.54) is 0 Å². The Morgan fingerprint density at radius 3 is 2.42 bits per heavy atom. The molecule has 2 unspecified atom stereocenters. The van der Waals surface area contributed by atoms with Gasteiger partial charge in [0.15, 0.2) is 0 Å². The summed E-state index contributed by atoms with van der Waals surface area (Å²) >= 11 is 3.22. The predicted octanol–water partition coefficient (Wildman–Crippen LogP) is 3.01. The number of carbonyl (C=O) groups is 1. The second-order valence-corrected chi connectivity index (χ2v) is 5.90. The molecule has 0 fully saturated rings. The molecule has 0 spiro atoms.